The SMILES string of the molecule is CCNc1nc(NCC)n2c(SCC(=O)Nc3cccc(OC)c3)nnc2n1. The number of fused-ring (bicyclic) bond motifs is 1. The maximum atomic E-state index is 12.3. The highest BCUT2D eigenvalue weighted by Gasteiger charge is 2.16. The molecule has 1 aromatic carbocycles. The molecule has 0 bridgehead atoms. The number of aromatic nitrogens is 5. The Morgan fingerprint density at radius 1 is 1.18 bits per heavy atom. The smallest absolute Gasteiger partial charge is 0.261 e. The van der Waals surface area contributed by atoms with Gasteiger partial charge in [-0.05, 0) is 26.0 Å². The Labute approximate surface area is 166 Å². The van der Waals surface area contributed by atoms with Crippen molar-refractivity contribution in [2.75, 3.05) is 41.9 Å². The number of anilines is 3. The standard InChI is InChI=1S/C17H22N8O2S/c1-4-18-14-21-15(19-5-2)25-16(22-14)23-24-17(25)28-10-13(26)20-11-7-6-8-12(9-11)27-3/h6-9H,4-5,10H2,1-3H3,(H,20,26)(H2,18,19,21,22,23). The number of ether oxygens (including phenoxy) is 1. The van der Waals surface area contributed by atoms with Crippen molar-refractivity contribution in [2.45, 2.75) is 19.0 Å². The van der Waals surface area contributed by atoms with Gasteiger partial charge in [-0.3, -0.25) is 4.79 Å². The van der Waals surface area contributed by atoms with Crippen LogP contribution in [0.1, 0.15) is 13.8 Å². The minimum Gasteiger partial charge on any atom is -0.497 e. The molecule has 0 saturated heterocycles. The fourth-order valence-electron chi connectivity index (χ4n) is 2.43. The van der Waals surface area contributed by atoms with E-state index in [1.807, 2.05) is 26.0 Å². The number of nitrogens with one attached hydrogen (secondary N) is 3. The third-order valence-electron chi connectivity index (χ3n) is 3.60. The van der Waals surface area contributed by atoms with Crippen molar-refractivity contribution < 1.29 is 9.53 Å². The van der Waals surface area contributed by atoms with Gasteiger partial charge >= 0.3 is 0 Å². The first-order valence-electron chi connectivity index (χ1n) is 8.82. The lowest BCUT2D eigenvalue weighted by molar-refractivity contribution is -0.113. The molecule has 3 aromatic rings. The van der Waals surface area contributed by atoms with Crippen LogP contribution in [0.25, 0.3) is 5.78 Å². The van der Waals surface area contributed by atoms with Gasteiger partial charge in [-0.25, -0.2) is 4.40 Å². The van der Waals surface area contributed by atoms with E-state index in [-0.39, 0.29) is 11.7 Å². The van der Waals surface area contributed by atoms with Gasteiger partial charge in [0.25, 0.3) is 5.78 Å². The zero-order chi connectivity index (χ0) is 19.9. The molecule has 2 aromatic heterocycles. The quantitative estimate of drug-likeness (QED) is 0.462. The molecule has 3 rings (SSSR count). The van der Waals surface area contributed by atoms with Gasteiger partial charge in [0.1, 0.15) is 5.75 Å². The van der Waals surface area contributed by atoms with E-state index in [1.165, 1.54) is 11.8 Å². The molecule has 2 heterocycles. The van der Waals surface area contributed by atoms with Crippen LogP contribution in [0.3, 0.4) is 0 Å². The van der Waals surface area contributed by atoms with E-state index in [1.54, 1.807) is 23.6 Å². The van der Waals surface area contributed by atoms with E-state index in [0.29, 0.717) is 47.4 Å². The topological polar surface area (TPSA) is 118 Å². The maximum absolute atomic E-state index is 12.3. The summed E-state index contributed by atoms with van der Waals surface area (Å²) in [6.45, 7) is 5.31. The number of carbonyl (C=O) groups is 1. The fourth-order valence-corrected chi connectivity index (χ4v) is 3.15. The Kier molecular flexibility index (Phi) is 6.48. The fraction of sp³-hybridized carbons (Fsp3) is 0.353. The Balaban J connectivity index is 1.73. The summed E-state index contributed by atoms with van der Waals surface area (Å²) in [5.41, 5.74) is 0.669. The molecule has 148 valence electrons. The first-order chi connectivity index (χ1) is 13.6. The molecule has 10 nitrogen and oxygen atoms in total. The highest BCUT2D eigenvalue weighted by molar-refractivity contribution is 7.99. The van der Waals surface area contributed by atoms with Gasteiger partial charge in [-0.1, -0.05) is 17.8 Å². The summed E-state index contributed by atoms with van der Waals surface area (Å²) in [4.78, 5) is 21.1. The molecule has 0 atom stereocenters. The number of nitrogens with zero attached hydrogens (tertiary/aromatic N) is 5. The van der Waals surface area contributed by atoms with E-state index in [2.05, 4.69) is 36.1 Å². The number of thioether (sulfide) groups is 1. The zero-order valence-corrected chi connectivity index (χ0v) is 16.7. The minimum atomic E-state index is -0.162. The summed E-state index contributed by atoms with van der Waals surface area (Å²) in [5, 5.41) is 17.9. The molecule has 28 heavy (non-hydrogen) atoms. The van der Waals surface area contributed by atoms with Crippen LogP contribution < -0.4 is 20.7 Å². The number of rotatable bonds is 9. The third-order valence-corrected chi connectivity index (χ3v) is 4.53. The lowest BCUT2D eigenvalue weighted by Gasteiger charge is -2.10. The first-order valence-corrected chi connectivity index (χ1v) is 9.80. The van der Waals surface area contributed by atoms with E-state index in [9.17, 15) is 4.79 Å². The predicted octanol–water partition coefficient (Wildman–Crippen LogP) is 2.12. The van der Waals surface area contributed by atoms with E-state index in [4.69, 9.17) is 4.74 Å². The van der Waals surface area contributed by atoms with Crippen molar-refractivity contribution in [3.63, 3.8) is 0 Å². The van der Waals surface area contributed by atoms with E-state index in [0.717, 1.165) is 0 Å². The average molecular weight is 402 g/mol. The predicted molar refractivity (Wildman–Crippen MR) is 109 cm³/mol. The van der Waals surface area contributed by atoms with Crippen molar-refractivity contribution in [1.82, 2.24) is 24.6 Å². The minimum absolute atomic E-state index is 0.162. The van der Waals surface area contributed by atoms with Gasteiger partial charge in [0.05, 0.1) is 12.9 Å². The molecule has 0 aliphatic carbocycles. The third kappa shape index (κ3) is 4.60. The van der Waals surface area contributed by atoms with Gasteiger partial charge in [-0.2, -0.15) is 9.97 Å². The van der Waals surface area contributed by atoms with Crippen LogP contribution in [-0.4, -0.2) is 56.4 Å². The molecule has 0 aliphatic rings. The van der Waals surface area contributed by atoms with Crippen LogP contribution >= 0.6 is 11.8 Å². The Morgan fingerprint density at radius 2 is 2.00 bits per heavy atom. The Hall–Kier alpha value is -3.08. The highest BCUT2D eigenvalue weighted by atomic mass is 32.2. The second-order valence-electron chi connectivity index (χ2n) is 5.62. The van der Waals surface area contributed by atoms with Crippen LogP contribution in [-0.2, 0) is 4.79 Å². The van der Waals surface area contributed by atoms with Crippen molar-refractivity contribution in [3.05, 3.63) is 24.3 Å². The van der Waals surface area contributed by atoms with Crippen LogP contribution in [0, 0.1) is 0 Å². The summed E-state index contributed by atoms with van der Waals surface area (Å²) >= 11 is 1.26. The monoisotopic (exact) mass is 402 g/mol. The molecule has 1 amide bonds. The number of amides is 1. The van der Waals surface area contributed by atoms with Gasteiger partial charge in [-0.15, -0.1) is 10.2 Å². The molecule has 0 fully saturated rings. The highest BCUT2D eigenvalue weighted by Crippen LogP contribution is 2.22. The second-order valence-corrected chi connectivity index (χ2v) is 6.56. The van der Waals surface area contributed by atoms with Gasteiger partial charge in [0, 0.05) is 24.8 Å². The summed E-state index contributed by atoms with van der Waals surface area (Å²) in [5.74, 6) is 2.15. The maximum Gasteiger partial charge on any atom is 0.261 e. The normalized spacial score (nSPS) is 10.7. The number of methoxy groups -OCH3 is 1. The Bertz CT molecular complexity index is 961. The molecule has 0 spiro atoms. The van der Waals surface area contributed by atoms with Crippen molar-refractivity contribution in [2.24, 2.45) is 0 Å². The van der Waals surface area contributed by atoms with E-state index >= 15 is 0 Å². The summed E-state index contributed by atoms with van der Waals surface area (Å²) in [7, 11) is 1.58. The number of hydrogen-bond donors (Lipinski definition) is 3. The molecular formula is C17H22N8O2S. The summed E-state index contributed by atoms with van der Waals surface area (Å²) in [6.07, 6.45) is 0. The number of hydrogen-bond acceptors (Lipinski definition) is 9. The second kappa shape index (κ2) is 9.22. The molecule has 0 radical (unpaired) electrons. The molecule has 11 heteroatoms. The lowest BCUT2D eigenvalue weighted by Crippen LogP contribution is -2.15. The lowest BCUT2D eigenvalue weighted by atomic mass is 10.3. The van der Waals surface area contributed by atoms with E-state index < -0.39 is 0 Å². The van der Waals surface area contributed by atoms with Crippen LogP contribution in [0.4, 0.5) is 17.6 Å². The molecule has 0 unspecified atom stereocenters. The number of carbonyl (C=O) groups excluding carboxylic acids is 1. The van der Waals surface area contributed by atoms with Gasteiger partial charge < -0.3 is 20.7 Å². The van der Waals surface area contributed by atoms with Gasteiger partial charge in [0.15, 0.2) is 5.16 Å². The van der Waals surface area contributed by atoms with Crippen molar-refractivity contribution in [3.8, 4) is 5.75 Å². The van der Waals surface area contributed by atoms with Crippen LogP contribution in [0.2, 0.25) is 0 Å². The van der Waals surface area contributed by atoms with Gasteiger partial charge in [0.2, 0.25) is 17.8 Å². The number of benzene rings is 1. The largest absolute Gasteiger partial charge is 0.497 e. The van der Waals surface area contributed by atoms with Crippen LogP contribution in [0.5, 0.6) is 5.75 Å². The molecular weight excluding hydrogens is 380 g/mol. The molecule has 0 aliphatic heterocycles. The average Bonchev–Trinajstić information content (AvgIpc) is 3.10. The molecule has 0 saturated carbocycles. The molecule has 3 N–H and O–H groups in total. The van der Waals surface area contributed by atoms with Crippen molar-refractivity contribution >= 4 is 41.0 Å². The summed E-state index contributed by atoms with van der Waals surface area (Å²) in [6, 6.07) is 7.19. The zero-order valence-electron chi connectivity index (χ0n) is 15.9. The van der Waals surface area contributed by atoms with Crippen LogP contribution in [0.15, 0.2) is 29.4 Å². The Morgan fingerprint density at radius 3 is 2.75 bits per heavy atom. The van der Waals surface area contributed by atoms with Crippen molar-refractivity contribution in [1.29, 1.82) is 0 Å². The summed E-state index contributed by atoms with van der Waals surface area (Å²) < 4.78 is 6.86. The first kappa shape index (κ1) is 19.7.